The Morgan fingerprint density at radius 1 is 1.41 bits per heavy atom. The Bertz CT molecular complexity index is 293. The number of hydrogen-bond acceptors (Lipinski definition) is 4. The Morgan fingerprint density at radius 2 is 2.12 bits per heavy atom. The molecule has 0 aliphatic rings. The van der Waals surface area contributed by atoms with Gasteiger partial charge in [-0.05, 0) is 44.2 Å². The Labute approximate surface area is 108 Å². The number of rotatable bonds is 8. The van der Waals surface area contributed by atoms with Crippen LogP contribution in [0, 0.1) is 0 Å². The second-order valence-corrected chi connectivity index (χ2v) is 5.35. The first-order valence-electron chi connectivity index (χ1n) is 6.09. The number of pyridine rings is 1. The molecule has 0 aromatic carbocycles. The monoisotopic (exact) mass is 254 g/mol. The van der Waals surface area contributed by atoms with Crippen molar-refractivity contribution in [3.05, 3.63) is 24.5 Å². The van der Waals surface area contributed by atoms with Crippen LogP contribution in [0.4, 0.5) is 0 Å². The first kappa shape index (κ1) is 14.5. The smallest absolute Gasteiger partial charge is 0.0613 e. The van der Waals surface area contributed by atoms with Gasteiger partial charge in [-0.3, -0.25) is 4.98 Å². The van der Waals surface area contributed by atoms with Gasteiger partial charge in [-0.1, -0.05) is 6.92 Å². The molecule has 1 unspecified atom stereocenters. The molecule has 0 amide bonds. The molecule has 0 spiro atoms. The molecule has 1 rings (SSSR count). The standard InChI is InChI=1S/C13H22N2OS/c1-3-13(11-16,14-2)7-4-10-17-12-5-8-15-9-6-12/h5-6,8-9,14,16H,3-4,7,10-11H2,1-2H3. The molecule has 0 radical (unpaired) electrons. The number of aromatic nitrogens is 1. The van der Waals surface area contributed by atoms with Gasteiger partial charge >= 0.3 is 0 Å². The second-order valence-electron chi connectivity index (χ2n) is 4.18. The number of nitrogens with one attached hydrogen (secondary N) is 1. The van der Waals surface area contributed by atoms with Crippen molar-refractivity contribution in [1.82, 2.24) is 10.3 Å². The van der Waals surface area contributed by atoms with E-state index in [9.17, 15) is 5.11 Å². The first-order chi connectivity index (χ1) is 8.26. The predicted octanol–water partition coefficient (Wildman–Crippen LogP) is 2.31. The van der Waals surface area contributed by atoms with Gasteiger partial charge in [0.05, 0.1) is 6.61 Å². The summed E-state index contributed by atoms with van der Waals surface area (Å²) in [4.78, 5) is 5.26. The Hall–Kier alpha value is -0.580. The van der Waals surface area contributed by atoms with Gasteiger partial charge in [-0.15, -0.1) is 11.8 Å². The van der Waals surface area contributed by atoms with Crippen LogP contribution in [0.1, 0.15) is 26.2 Å². The lowest BCUT2D eigenvalue weighted by molar-refractivity contribution is 0.154. The summed E-state index contributed by atoms with van der Waals surface area (Å²) >= 11 is 1.84. The first-order valence-corrected chi connectivity index (χ1v) is 7.07. The van der Waals surface area contributed by atoms with Crippen LogP contribution in [-0.4, -0.2) is 35.0 Å². The number of hydrogen-bond donors (Lipinski definition) is 2. The molecule has 96 valence electrons. The van der Waals surface area contributed by atoms with E-state index in [-0.39, 0.29) is 12.1 Å². The molecule has 0 bridgehead atoms. The van der Waals surface area contributed by atoms with Crippen molar-refractivity contribution < 1.29 is 5.11 Å². The molecule has 4 heteroatoms. The maximum atomic E-state index is 9.42. The summed E-state index contributed by atoms with van der Waals surface area (Å²) in [6.45, 7) is 2.32. The van der Waals surface area contributed by atoms with Crippen molar-refractivity contribution in [2.24, 2.45) is 0 Å². The SMILES string of the molecule is CCC(CO)(CCCSc1ccncc1)NC. The molecule has 1 heterocycles. The fourth-order valence-electron chi connectivity index (χ4n) is 1.78. The molecule has 0 saturated carbocycles. The Kier molecular flexibility index (Phi) is 6.55. The van der Waals surface area contributed by atoms with E-state index in [2.05, 4.69) is 17.2 Å². The van der Waals surface area contributed by atoms with E-state index in [1.165, 1.54) is 4.90 Å². The van der Waals surface area contributed by atoms with Crippen LogP contribution < -0.4 is 5.32 Å². The number of aliphatic hydroxyl groups is 1. The summed E-state index contributed by atoms with van der Waals surface area (Å²) < 4.78 is 0. The molecule has 1 aromatic rings. The zero-order chi connectivity index (χ0) is 12.6. The van der Waals surface area contributed by atoms with E-state index >= 15 is 0 Å². The van der Waals surface area contributed by atoms with Gasteiger partial charge < -0.3 is 10.4 Å². The van der Waals surface area contributed by atoms with Crippen LogP contribution in [-0.2, 0) is 0 Å². The normalized spacial score (nSPS) is 14.5. The van der Waals surface area contributed by atoms with E-state index in [1.807, 2.05) is 43.3 Å². The van der Waals surface area contributed by atoms with E-state index in [0.717, 1.165) is 25.0 Å². The third kappa shape index (κ3) is 4.66. The summed E-state index contributed by atoms with van der Waals surface area (Å²) in [7, 11) is 1.93. The average molecular weight is 254 g/mol. The topological polar surface area (TPSA) is 45.2 Å². The van der Waals surface area contributed by atoms with Gasteiger partial charge in [-0.2, -0.15) is 0 Å². The minimum atomic E-state index is -0.0984. The van der Waals surface area contributed by atoms with Crippen molar-refractivity contribution >= 4 is 11.8 Å². The summed E-state index contributed by atoms with van der Waals surface area (Å²) in [6, 6.07) is 4.06. The minimum absolute atomic E-state index is 0.0984. The van der Waals surface area contributed by atoms with Crippen molar-refractivity contribution in [3.8, 4) is 0 Å². The molecule has 0 fully saturated rings. The van der Waals surface area contributed by atoms with Gasteiger partial charge in [0.25, 0.3) is 0 Å². The lowest BCUT2D eigenvalue weighted by Crippen LogP contribution is -2.45. The van der Waals surface area contributed by atoms with Crippen LogP contribution in [0.25, 0.3) is 0 Å². The average Bonchev–Trinajstić information content (AvgIpc) is 2.41. The number of thioether (sulfide) groups is 1. The van der Waals surface area contributed by atoms with Crippen LogP contribution >= 0.6 is 11.8 Å². The van der Waals surface area contributed by atoms with Crippen molar-refractivity contribution in [2.75, 3.05) is 19.4 Å². The van der Waals surface area contributed by atoms with Gasteiger partial charge in [-0.25, -0.2) is 0 Å². The molecular formula is C13H22N2OS. The predicted molar refractivity (Wildman–Crippen MR) is 73.4 cm³/mol. The van der Waals surface area contributed by atoms with E-state index in [0.29, 0.717) is 0 Å². The number of nitrogens with zero attached hydrogens (tertiary/aromatic N) is 1. The Balaban J connectivity index is 2.28. The van der Waals surface area contributed by atoms with Crippen molar-refractivity contribution in [2.45, 2.75) is 36.6 Å². The minimum Gasteiger partial charge on any atom is -0.394 e. The summed E-state index contributed by atoms with van der Waals surface area (Å²) in [5.41, 5.74) is -0.0984. The molecule has 1 atom stereocenters. The van der Waals surface area contributed by atoms with Crippen LogP contribution in [0.2, 0.25) is 0 Å². The number of aliphatic hydroxyl groups excluding tert-OH is 1. The quantitative estimate of drug-likeness (QED) is 0.552. The molecule has 2 N–H and O–H groups in total. The zero-order valence-corrected chi connectivity index (χ0v) is 11.5. The molecule has 3 nitrogen and oxygen atoms in total. The fourth-order valence-corrected chi connectivity index (χ4v) is 2.62. The molecule has 0 aliphatic carbocycles. The third-order valence-electron chi connectivity index (χ3n) is 3.23. The van der Waals surface area contributed by atoms with Crippen LogP contribution in [0.5, 0.6) is 0 Å². The lowest BCUT2D eigenvalue weighted by atomic mass is 9.92. The summed E-state index contributed by atoms with van der Waals surface area (Å²) in [6.07, 6.45) is 6.71. The van der Waals surface area contributed by atoms with Crippen molar-refractivity contribution in [1.29, 1.82) is 0 Å². The third-order valence-corrected chi connectivity index (χ3v) is 4.33. The summed E-state index contributed by atoms with van der Waals surface area (Å²) in [5.74, 6) is 1.08. The maximum absolute atomic E-state index is 9.42. The molecule has 17 heavy (non-hydrogen) atoms. The maximum Gasteiger partial charge on any atom is 0.0613 e. The highest BCUT2D eigenvalue weighted by Gasteiger charge is 2.23. The van der Waals surface area contributed by atoms with Crippen LogP contribution in [0.3, 0.4) is 0 Å². The highest BCUT2D eigenvalue weighted by atomic mass is 32.2. The number of likely N-dealkylation sites (N-methyl/N-ethyl adjacent to an activating group) is 1. The zero-order valence-electron chi connectivity index (χ0n) is 10.6. The van der Waals surface area contributed by atoms with E-state index in [4.69, 9.17) is 0 Å². The molecule has 0 aliphatic heterocycles. The van der Waals surface area contributed by atoms with Gasteiger partial charge in [0.15, 0.2) is 0 Å². The largest absolute Gasteiger partial charge is 0.394 e. The van der Waals surface area contributed by atoms with Gasteiger partial charge in [0.1, 0.15) is 0 Å². The van der Waals surface area contributed by atoms with E-state index < -0.39 is 0 Å². The fraction of sp³-hybridized carbons (Fsp3) is 0.615. The molecule has 0 saturated heterocycles. The van der Waals surface area contributed by atoms with Crippen LogP contribution in [0.15, 0.2) is 29.4 Å². The highest BCUT2D eigenvalue weighted by Crippen LogP contribution is 2.22. The van der Waals surface area contributed by atoms with Gasteiger partial charge in [0, 0.05) is 22.8 Å². The molecule has 1 aromatic heterocycles. The van der Waals surface area contributed by atoms with E-state index in [1.54, 1.807) is 0 Å². The highest BCUT2D eigenvalue weighted by molar-refractivity contribution is 7.99. The molecular weight excluding hydrogens is 232 g/mol. The summed E-state index contributed by atoms with van der Waals surface area (Å²) in [5, 5.41) is 12.7. The van der Waals surface area contributed by atoms with Crippen molar-refractivity contribution in [3.63, 3.8) is 0 Å². The lowest BCUT2D eigenvalue weighted by Gasteiger charge is -2.30. The Morgan fingerprint density at radius 3 is 2.65 bits per heavy atom. The van der Waals surface area contributed by atoms with Gasteiger partial charge in [0.2, 0.25) is 0 Å². The second kappa shape index (κ2) is 7.69.